The van der Waals surface area contributed by atoms with Gasteiger partial charge in [0.2, 0.25) is 0 Å². The first-order valence-electron chi connectivity index (χ1n) is 9.01. The molecular weight excluding hydrogens is 368 g/mol. The number of rotatable bonds is 6. The van der Waals surface area contributed by atoms with Gasteiger partial charge in [-0.3, -0.25) is 0 Å². The molecule has 3 aromatic rings. The van der Waals surface area contributed by atoms with Gasteiger partial charge < -0.3 is 20.1 Å². The molecule has 2 N–H and O–H groups in total. The first kappa shape index (κ1) is 19.7. The van der Waals surface area contributed by atoms with E-state index in [0.29, 0.717) is 16.6 Å². The highest BCUT2D eigenvalue weighted by Gasteiger charge is 2.15. The molecule has 0 saturated heterocycles. The zero-order chi connectivity index (χ0) is 19.9. The number of thiocarbonyl (C=S) groups is 1. The van der Waals surface area contributed by atoms with Crippen molar-refractivity contribution in [1.29, 1.82) is 0 Å². The molecule has 144 valence electrons. The fourth-order valence-corrected chi connectivity index (χ4v) is 3.21. The first-order chi connectivity index (χ1) is 13.6. The van der Waals surface area contributed by atoms with Crippen molar-refractivity contribution in [3.8, 4) is 11.5 Å². The van der Waals surface area contributed by atoms with Crippen LogP contribution in [0.1, 0.15) is 22.7 Å². The summed E-state index contributed by atoms with van der Waals surface area (Å²) in [7, 11) is 3.23. The molecule has 0 fully saturated rings. The Morgan fingerprint density at radius 2 is 1.46 bits per heavy atom. The third kappa shape index (κ3) is 4.81. The van der Waals surface area contributed by atoms with E-state index in [1.807, 2.05) is 36.4 Å². The number of hydrogen-bond acceptors (Lipinski definition) is 3. The van der Waals surface area contributed by atoms with Crippen molar-refractivity contribution in [1.82, 2.24) is 5.32 Å². The summed E-state index contributed by atoms with van der Waals surface area (Å²) in [5.41, 5.74) is 4.34. The van der Waals surface area contributed by atoms with Gasteiger partial charge in [0.15, 0.2) is 16.6 Å². The summed E-state index contributed by atoms with van der Waals surface area (Å²) in [5, 5.41) is 7.20. The van der Waals surface area contributed by atoms with E-state index in [1.54, 1.807) is 14.2 Å². The summed E-state index contributed by atoms with van der Waals surface area (Å²) in [6, 6.07) is 24.3. The molecule has 0 aromatic heterocycles. The van der Waals surface area contributed by atoms with Gasteiger partial charge in [-0.05, 0) is 42.4 Å². The topological polar surface area (TPSA) is 42.5 Å². The van der Waals surface area contributed by atoms with Crippen LogP contribution in [0.15, 0.2) is 72.8 Å². The molecule has 3 rings (SSSR count). The molecule has 0 radical (unpaired) electrons. The van der Waals surface area contributed by atoms with Gasteiger partial charge in [0, 0.05) is 11.8 Å². The van der Waals surface area contributed by atoms with Crippen LogP contribution in [0.3, 0.4) is 0 Å². The number of ether oxygens (including phenoxy) is 2. The maximum Gasteiger partial charge on any atom is 0.171 e. The Hall–Kier alpha value is -3.05. The minimum Gasteiger partial charge on any atom is -0.493 e. The van der Waals surface area contributed by atoms with E-state index in [9.17, 15) is 0 Å². The zero-order valence-corrected chi connectivity index (χ0v) is 17.0. The molecule has 5 heteroatoms. The number of methoxy groups -OCH3 is 2. The van der Waals surface area contributed by atoms with Crippen LogP contribution in [0, 0.1) is 6.92 Å². The Morgan fingerprint density at radius 1 is 0.821 bits per heavy atom. The predicted molar refractivity (Wildman–Crippen MR) is 118 cm³/mol. The molecule has 0 saturated carbocycles. The molecule has 4 nitrogen and oxygen atoms in total. The van der Waals surface area contributed by atoms with E-state index in [0.717, 1.165) is 16.8 Å². The molecule has 0 aliphatic carbocycles. The molecule has 0 aliphatic rings. The van der Waals surface area contributed by atoms with Crippen LogP contribution in [0.25, 0.3) is 0 Å². The van der Waals surface area contributed by atoms with Crippen LogP contribution in [0.2, 0.25) is 0 Å². The van der Waals surface area contributed by atoms with Crippen LogP contribution in [-0.2, 0) is 0 Å². The maximum absolute atomic E-state index is 5.58. The Bertz CT molecular complexity index is 927. The van der Waals surface area contributed by atoms with Gasteiger partial charge in [-0.1, -0.05) is 60.2 Å². The Labute approximate surface area is 171 Å². The number of hydrogen-bond donors (Lipinski definition) is 2. The van der Waals surface area contributed by atoms with Crippen molar-refractivity contribution in [2.24, 2.45) is 0 Å². The zero-order valence-electron chi connectivity index (χ0n) is 16.2. The number of anilines is 1. The lowest BCUT2D eigenvalue weighted by Gasteiger charge is -2.22. The molecule has 0 aliphatic heterocycles. The molecule has 0 bridgehead atoms. The Kier molecular flexibility index (Phi) is 6.50. The van der Waals surface area contributed by atoms with Gasteiger partial charge in [0.05, 0.1) is 20.3 Å². The van der Waals surface area contributed by atoms with Crippen molar-refractivity contribution in [2.75, 3.05) is 19.5 Å². The summed E-state index contributed by atoms with van der Waals surface area (Å²) in [6.45, 7) is 2.08. The lowest BCUT2D eigenvalue weighted by Crippen LogP contribution is -2.33. The Morgan fingerprint density at radius 3 is 2.11 bits per heavy atom. The van der Waals surface area contributed by atoms with Crippen molar-refractivity contribution >= 4 is 23.0 Å². The van der Waals surface area contributed by atoms with E-state index < -0.39 is 0 Å². The molecule has 0 spiro atoms. The highest BCUT2D eigenvalue weighted by Crippen LogP contribution is 2.30. The summed E-state index contributed by atoms with van der Waals surface area (Å²) < 4.78 is 10.6. The van der Waals surface area contributed by atoms with Gasteiger partial charge in [-0.2, -0.15) is 0 Å². The average Bonchev–Trinajstić information content (AvgIpc) is 2.73. The number of nitrogens with one attached hydrogen (secondary N) is 2. The fraction of sp³-hybridized carbons (Fsp3) is 0.174. The van der Waals surface area contributed by atoms with Gasteiger partial charge in [0.1, 0.15) is 0 Å². The number of aryl methyl sites for hydroxylation is 1. The van der Waals surface area contributed by atoms with Gasteiger partial charge in [-0.25, -0.2) is 0 Å². The van der Waals surface area contributed by atoms with Crippen LogP contribution in [-0.4, -0.2) is 19.3 Å². The molecule has 0 heterocycles. The van der Waals surface area contributed by atoms with E-state index in [1.165, 1.54) is 5.56 Å². The van der Waals surface area contributed by atoms with Crippen LogP contribution in [0.5, 0.6) is 11.5 Å². The third-order valence-electron chi connectivity index (χ3n) is 4.46. The van der Waals surface area contributed by atoms with E-state index in [-0.39, 0.29) is 6.04 Å². The largest absolute Gasteiger partial charge is 0.493 e. The van der Waals surface area contributed by atoms with Crippen LogP contribution < -0.4 is 20.1 Å². The SMILES string of the molecule is COc1ccc(NC(=S)N[C@@H](c2ccccc2)c2ccc(C)cc2)cc1OC. The maximum atomic E-state index is 5.58. The van der Waals surface area contributed by atoms with E-state index in [2.05, 4.69) is 54.0 Å². The second-order valence-electron chi connectivity index (χ2n) is 6.42. The van der Waals surface area contributed by atoms with Gasteiger partial charge in [0.25, 0.3) is 0 Å². The minimum absolute atomic E-state index is 0.0538. The molecule has 1 atom stereocenters. The predicted octanol–water partition coefficient (Wildman–Crippen LogP) is 5.09. The van der Waals surface area contributed by atoms with Crippen LogP contribution in [0.4, 0.5) is 5.69 Å². The molecule has 28 heavy (non-hydrogen) atoms. The monoisotopic (exact) mass is 392 g/mol. The highest BCUT2D eigenvalue weighted by atomic mass is 32.1. The summed E-state index contributed by atoms with van der Waals surface area (Å²) in [5.74, 6) is 1.32. The number of benzene rings is 3. The third-order valence-corrected chi connectivity index (χ3v) is 4.68. The van der Waals surface area contributed by atoms with Crippen molar-refractivity contribution < 1.29 is 9.47 Å². The summed E-state index contributed by atoms with van der Waals surface area (Å²) >= 11 is 5.58. The minimum atomic E-state index is -0.0538. The van der Waals surface area contributed by atoms with Gasteiger partial charge >= 0.3 is 0 Å². The average molecular weight is 393 g/mol. The lowest BCUT2D eigenvalue weighted by atomic mass is 9.98. The molecular formula is C23H24N2O2S. The van der Waals surface area contributed by atoms with E-state index >= 15 is 0 Å². The second kappa shape index (κ2) is 9.24. The molecule has 0 amide bonds. The Balaban J connectivity index is 1.81. The quantitative estimate of drug-likeness (QED) is 0.572. The normalized spacial score (nSPS) is 11.4. The van der Waals surface area contributed by atoms with E-state index in [4.69, 9.17) is 21.7 Å². The highest BCUT2D eigenvalue weighted by molar-refractivity contribution is 7.80. The van der Waals surface area contributed by atoms with Crippen molar-refractivity contribution in [2.45, 2.75) is 13.0 Å². The summed E-state index contributed by atoms with van der Waals surface area (Å²) in [6.07, 6.45) is 0. The van der Waals surface area contributed by atoms with Crippen LogP contribution >= 0.6 is 12.2 Å². The molecule has 3 aromatic carbocycles. The molecule has 0 unspecified atom stereocenters. The second-order valence-corrected chi connectivity index (χ2v) is 6.83. The first-order valence-corrected chi connectivity index (χ1v) is 9.42. The van der Waals surface area contributed by atoms with Gasteiger partial charge in [-0.15, -0.1) is 0 Å². The summed E-state index contributed by atoms with van der Waals surface area (Å²) in [4.78, 5) is 0. The van der Waals surface area contributed by atoms with Crippen molar-refractivity contribution in [3.63, 3.8) is 0 Å². The smallest absolute Gasteiger partial charge is 0.171 e. The standard InChI is InChI=1S/C23H24N2O2S/c1-16-9-11-18(12-10-16)22(17-7-5-4-6-8-17)25-23(28)24-19-13-14-20(26-2)21(15-19)27-3/h4-15,22H,1-3H3,(H2,24,25,28)/t22-/m0/s1. The van der Waals surface area contributed by atoms with Crippen molar-refractivity contribution in [3.05, 3.63) is 89.5 Å². The lowest BCUT2D eigenvalue weighted by molar-refractivity contribution is 0.355. The fourth-order valence-electron chi connectivity index (χ4n) is 2.98.